The summed E-state index contributed by atoms with van der Waals surface area (Å²) in [7, 11) is 0. The van der Waals surface area contributed by atoms with Gasteiger partial charge in [0.2, 0.25) is 0 Å². The molecule has 0 aromatic carbocycles. The Hall–Kier alpha value is -0.0400. The van der Waals surface area contributed by atoms with E-state index in [1.807, 2.05) is 0 Å². The molecule has 1 fully saturated rings. The molecule has 1 aliphatic carbocycles. The van der Waals surface area contributed by atoms with Crippen molar-refractivity contribution in [1.82, 2.24) is 5.32 Å². The molecule has 0 spiro atoms. The van der Waals surface area contributed by atoms with Crippen LogP contribution in [0.4, 0.5) is 0 Å². The van der Waals surface area contributed by atoms with E-state index in [9.17, 15) is 0 Å². The Morgan fingerprint density at radius 1 is 1.06 bits per heavy atom. The van der Waals surface area contributed by atoms with Crippen molar-refractivity contribution in [2.24, 2.45) is 11.3 Å². The van der Waals surface area contributed by atoms with E-state index in [1.54, 1.807) is 0 Å². The molecule has 1 unspecified atom stereocenters. The van der Waals surface area contributed by atoms with Crippen molar-refractivity contribution in [3.63, 3.8) is 0 Å². The third kappa shape index (κ3) is 4.45. The van der Waals surface area contributed by atoms with Crippen LogP contribution >= 0.6 is 0 Å². The summed E-state index contributed by atoms with van der Waals surface area (Å²) >= 11 is 0. The Kier molecular flexibility index (Phi) is 5.82. The maximum Gasteiger partial charge on any atom is 0.00106 e. The molecule has 1 N–H and O–H groups in total. The van der Waals surface area contributed by atoms with Gasteiger partial charge in [-0.15, -0.1) is 0 Å². The second kappa shape index (κ2) is 6.64. The Morgan fingerprint density at radius 3 is 2.19 bits per heavy atom. The van der Waals surface area contributed by atoms with Gasteiger partial charge in [-0.2, -0.15) is 0 Å². The lowest BCUT2D eigenvalue weighted by molar-refractivity contribution is 0.137. The summed E-state index contributed by atoms with van der Waals surface area (Å²) in [6.45, 7) is 10.5. The van der Waals surface area contributed by atoms with Crippen LogP contribution < -0.4 is 5.32 Å². The van der Waals surface area contributed by atoms with Crippen molar-refractivity contribution in [2.75, 3.05) is 6.54 Å². The van der Waals surface area contributed by atoms with Crippen LogP contribution in [0.5, 0.6) is 0 Å². The van der Waals surface area contributed by atoms with Crippen LogP contribution in [0.1, 0.15) is 72.6 Å². The van der Waals surface area contributed by atoms with Crippen molar-refractivity contribution >= 4 is 0 Å². The molecule has 1 heteroatoms. The Balaban J connectivity index is 2.52. The van der Waals surface area contributed by atoms with Crippen LogP contribution in [-0.2, 0) is 0 Å². The van der Waals surface area contributed by atoms with Gasteiger partial charge in [0.15, 0.2) is 0 Å². The molecule has 0 radical (unpaired) electrons. The molecule has 1 nitrogen and oxygen atoms in total. The fourth-order valence-corrected chi connectivity index (χ4v) is 3.06. The summed E-state index contributed by atoms with van der Waals surface area (Å²) in [5.74, 6) is 0.895. The average molecular weight is 225 g/mol. The average Bonchev–Trinajstić information content (AvgIpc) is 2.28. The molecular formula is C15H31N. The summed E-state index contributed by atoms with van der Waals surface area (Å²) in [4.78, 5) is 0. The number of hydrogen-bond acceptors (Lipinski definition) is 1. The number of rotatable bonds is 6. The van der Waals surface area contributed by atoms with E-state index < -0.39 is 0 Å². The Morgan fingerprint density at radius 2 is 1.69 bits per heavy atom. The van der Waals surface area contributed by atoms with E-state index >= 15 is 0 Å². The summed E-state index contributed by atoms with van der Waals surface area (Å²) in [6, 6.07) is 0.635. The second-order valence-corrected chi connectivity index (χ2v) is 6.31. The van der Waals surface area contributed by atoms with Gasteiger partial charge in [-0.05, 0) is 30.6 Å². The van der Waals surface area contributed by atoms with Crippen LogP contribution in [-0.4, -0.2) is 12.6 Å². The Bertz CT molecular complexity index is 180. The molecule has 0 amide bonds. The summed E-state index contributed by atoms with van der Waals surface area (Å²) in [6.07, 6.45) is 10.1. The predicted molar refractivity (Wildman–Crippen MR) is 72.7 cm³/mol. The first-order valence-corrected chi connectivity index (χ1v) is 7.31. The highest BCUT2D eigenvalue weighted by atomic mass is 14.9. The SMILES string of the molecule is CCC(C)CC1(CNC(C)C)CCCCC1. The highest BCUT2D eigenvalue weighted by Gasteiger charge is 2.32. The molecule has 16 heavy (non-hydrogen) atoms. The van der Waals surface area contributed by atoms with Crippen LogP contribution in [0.15, 0.2) is 0 Å². The van der Waals surface area contributed by atoms with Gasteiger partial charge in [0.05, 0.1) is 0 Å². The third-order valence-corrected chi connectivity index (χ3v) is 4.28. The molecule has 0 heterocycles. The molecule has 1 saturated carbocycles. The molecule has 0 bridgehead atoms. The van der Waals surface area contributed by atoms with Crippen LogP contribution in [0.3, 0.4) is 0 Å². The predicted octanol–water partition coefficient (Wildman–Crippen LogP) is 4.37. The molecule has 0 aliphatic heterocycles. The lowest BCUT2D eigenvalue weighted by Crippen LogP contribution is -2.40. The van der Waals surface area contributed by atoms with Gasteiger partial charge < -0.3 is 5.32 Å². The fraction of sp³-hybridized carbons (Fsp3) is 1.00. The van der Waals surface area contributed by atoms with E-state index in [4.69, 9.17) is 0 Å². The first kappa shape index (κ1) is 14.0. The lowest BCUT2D eigenvalue weighted by Gasteiger charge is -2.40. The summed E-state index contributed by atoms with van der Waals surface area (Å²) in [5, 5.41) is 3.69. The second-order valence-electron chi connectivity index (χ2n) is 6.31. The normalized spacial score (nSPS) is 22.3. The minimum absolute atomic E-state index is 0.623. The van der Waals surface area contributed by atoms with Crippen molar-refractivity contribution in [1.29, 1.82) is 0 Å². The molecular weight excluding hydrogens is 194 g/mol. The monoisotopic (exact) mass is 225 g/mol. The quantitative estimate of drug-likeness (QED) is 0.708. The standard InChI is InChI=1S/C15H31N/c1-5-14(4)11-15(12-16-13(2)3)9-7-6-8-10-15/h13-14,16H,5-12H2,1-4H3. The Labute approximate surface area is 102 Å². The van der Waals surface area contributed by atoms with E-state index in [1.165, 1.54) is 51.5 Å². The summed E-state index contributed by atoms with van der Waals surface area (Å²) in [5.41, 5.74) is 0.623. The zero-order valence-electron chi connectivity index (χ0n) is 11.8. The topological polar surface area (TPSA) is 12.0 Å². The van der Waals surface area contributed by atoms with Crippen LogP contribution in [0.2, 0.25) is 0 Å². The molecule has 0 aromatic heterocycles. The minimum Gasteiger partial charge on any atom is -0.314 e. The van der Waals surface area contributed by atoms with E-state index in [0.29, 0.717) is 11.5 Å². The van der Waals surface area contributed by atoms with Gasteiger partial charge in [-0.25, -0.2) is 0 Å². The molecule has 1 aliphatic rings. The first-order chi connectivity index (χ1) is 7.58. The van der Waals surface area contributed by atoms with Crippen molar-refractivity contribution in [3.8, 4) is 0 Å². The maximum absolute atomic E-state index is 3.69. The van der Waals surface area contributed by atoms with Crippen molar-refractivity contribution in [2.45, 2.75) is 78.7 Å². The molecule has 0 aromatic rings. The zero-order chi connectivity index (χ0) is 12.0. The van der Waals surface area contributed by atoms with E-state index in [0.717, 1.165) is 5.92 Å². The molecule has 1 atom stereocenters. The molecule has 0 saturated heterocycles. The highest BCUT2D eigenvalue weighted by molar-refractivity contribution is 4.86. The fourth-order valence-electron chi connectivity index (χ4n) is 3.06. The van der Waals surface area contributed by atoms with Gasteiger partial charge in [0, 0.05) is 12.6 Å². The summed E-state index contributed by atoms with van der Waals surface area (Å²) < 4.78 is 0. The molecule has 96 valence electrons. The van der Waals surface area contributed by atoms with Gasteiger partial charge in [-0.3, -0.25) is 0 Å². The maximum atomic E-state index is 3.69. The molecule has 1 rings (SSSR count). The third-order valence-electron chi connectivity index (χ3n) is 4.28. The smallest absolute Gasteiger partial charge is 0.00106 e. The van der Waals surface area contributed by atoms with Crippen molar-refractivity contribution in [3.05, 3.63) is 0 Å². The highest BCUT2D eigenvalue weighted by Crippen LogP contribution is 2.41. The van der Waals surface area contributed by atoms with Gasteiger partial charge >= 0.3 is 0 Å². The van der Waals surface area contributed by atoms with Gasteiger partial charge in [-0.1, -0.05) is 53.4 Å². The minimum atomic E-state index is 0.623. The van der Waals surface area contributed by atoms with Gasteiger partial charge in [0.1, 0.15) is 0 Å². The van der Waals surface area contributed by atoms with E-state index in [-0.39, 0.29) is 0 Å². The zero-order valence-corrected chi connectivity index (χ0v) is 11.8. The van der Waals surface area contributed by atoms with Crippen molar-refractivity contribution < 1.29 is 0 Å². The number of hydrogen-bond donors (Lipinski definition) is 1. The largest absolute Gasteiger partial charge is 0.314 e. The van der Waals surface area contributed by atoms with E-state index in [2.05, 4.69) is 33.0 Å². The lowest BCUT2D eigenvalue weighted by atomic mass is 9.68. The van der Waals surface area contributed by atoms with Crippen LogP contribution in [0, 0.1) is 11.3 Å². The number of nitrogens with one attached hydrogen (secondary N) is 1. The first-order valence-electron chi connectivity index (χ1n) is 7.31. The van der Waals surface area contributed by atoms with Crippen LogP contribution in [0.25, 0.3) is 0 Å². The van der Waals surface area contributed by atoms with Gasteiger partial charge in [0.25, 0.3) is 0 Å².